The minimum atomic E-state index is -1.37. The lowest BCUT2D eigenvalue weighted by atomic mass is 9.91. The van der Waals surface area contributed by atoms with Gasteiger partial charge in [-0.05, 0) is 24.7 Å². The highest BCUT2D eigenvalue weighted by atomic mass is 16.5. The number of hydrogen-bond acceptors (Lipinski definition) is 9. The summed E-state index contributed by atoms with van der Waals surface area (Å²) in [6, 6.07) is -1.02. The van der Waals surface area contributed by atoms with Gasteiger partial charge in [0, 0.05) is 27.1 Å². The van der Waals surface area contributed by atoms with Gasteiger partial charge in [0.25, 0.3) is 0 Å². The lowest BCUT2D eigenvalue weighted by molar-refractivity contribution is -0.156. The second-order valence-electron chi connectivity index (χ2n) is 11.3. The summed E-state index contributed by atoms with van der Waals surface area (Å²) in [5.41, 5.74) is 0. The molecule has 11 nitrogen and oxygen atoms in total. The topological polar surface area (TPSA) is 178 Å². The standard InChI is InChI=1S/C10H19NO6.C7H13NO3.C7H14.C4H8.2CH4/c1-5(13)11-8-6(14)2-3-17-10(8)9(16)7(15)4-12;1-5(9)8-6-4-11-3-2-7(6)10;1-7-5-3-2-4-6-7;1-4-2-3-4;;/h6-10,12,14-16H,2-4H2,1H3,(H,11,13);6-7,10H,2-4H2,1H3,(H,8,9);7H,2-6H2,1H3;4H,2-3H2,1H3;2*1H4. The van der Waals surface area contributed by atoms with E-state index in [-0.39, 0.29) is 39.3 Å². The third kappa shape index (κ3) is 18.7. The van der Waals surface area contributed by atoms with E-state index in [1.807, 2.05) is 0 Å². The van der Waals surface area contributed by atoms with Gasteiger partial charge in [0.05, 0.1) is 37.5 Å². The van der Waals surface area contributed by atoms with Gasteiger partial charge < -0.3 is 45.6 Å². The fraction of sp³-hybridized carbons (Fsp3) is 0.933. The van der Waals surface area contributed by atoms with E-state index in [4.69, 9.17) is 14.6 Å². The molecule has 0 aromatic carbocycles. The first kappa shape index (κ1) is 41.8. The van der Waals surface area contributed by atoms with Crippen molar-refractivity contribution in [1.29, 1.82) is 0 Å². The molecule has 0 aromatic heterocycles. The van der Waals surface area contributed by atoms with E-state index >= 15 is 0 Å². The van der Waals surface area contributed by atoms with Crippen LogP contribution in [-0.2, 0) is 19.1 Å². The van der Waals surface area contributed by atoms with Crippen LogP contribution in [0.15, 0.2) is 0 Å². The molecule has 0 bridgehead atoms. The maximum atomic E-state index is 11.0. The van der Waals surface area contributed by atoms with Crippen molar-refractivity contribution < 1.29 is 44.6 Å². The highest BCUT2D eigenvalue weighted by Crippen LogP contribution is 2.26. The van der Waals surface area contributed by atoms with Crippen LogP contribution in [0.1, 0.15) is 100 Å². The average molecular weight is 595 g/mol. The monoisotopic (exact) mass is 594 g/mol. The number of rotatable bonds is 5. The molecule has 4 rings (SSSR count). The molecule has 2 aliphatic heterocycles. The van der Waals surface area contributed by atoms with Crippen LogP contribution in [-0.4, -0.2) is 106 Å². The van der Waals surface area contributed by atoms with Crippen molar-refractivity contribution in [3.63, 3.8) is 0 Å². The maximum absolute atomic E-state index is 11.0. The molecule has 7 atom stereocenters. The smallest absolute Gasteiger partial charge is 0.217 e. The Balaban J connectivity index is 0. The van der Waals surface area contributed by atoms with E-state index in [2.05, 4.69) is 24.5 Å². The fourth-order valence-corrected chi connectivity index (χ4v) is 4.48. The molecule has 4 aliphatic rings. The number of hydrogen-bond donors (Lipinski definition) is 7. The summed E-state index contributed by atoms with van der Waals surface area (Å²) in [6.45, 7) is 7.95. The van der Waals surface area contributed by atoms with Crippen LogP contribution >= 0.6 is 0 Å². The van der Waals surface area contributed by atoms with Gasteiger partial charge in [0.1, 0.15) is 18.3 Å². The normalized spacial score (nSPS) is 29.0. The molecule has 7 unspecified atom stereocenters. The SMILES string of the molecule is C.C.CC(=O)NC1C(O)CCOC1C(O)C(O)CO.CC(=O)NC1COCCC1O.CC1CC1.CC1CCCCC1. The molecular formula is C30H62N2O9. The zero-order chi connectivity index (χ0) is 29.4. The summed E-state index contributed by atoms with van der Waals surface area (Å²) < 4.78 is 10.3. The van der Waals surface area contributed by atoms with E-state index in [0.717, 1.165) is 11.8 Å². The van der Waals surface area contributed by atoms with E-state index in [1.54, 1.807) is 0 Å². The maximum Gasteiger partial charge on any atom is 0.217 e. The summed E-state index contributed by atoms with van der Waals surface area (Å²) >= 11 is 0. The van der Waals surface area contributed by atoms with Crippen molar-refractivity contribution in [3.8, 4) is 0 Å². The van der Waals surface area contributed by atoms with Crippen LogP contribution in [0.4, 0.5) is 0 Å². The Bertz CT molecular complexity index is 674. The lowest BCUT2D eigenvalue weighted by Gasteiger charge is -2.39. The van der Waals surface area contributed by atoms with Gasteiger partial charge in [0.15, 0.2) is 0 Å². The first-order valence-electron chi connectivity index (χ1n) is 14.5. The van der Waals surface area contributed by atoms with Gasteiger partial charge >= 0.3 is 0 Å². The third-order valence-electron chi connectivity index (χ3n) is 7.25. The van der Waals surface area contributed by atoms with Crippen LogP contribution < -0.4 is 10.6 Å². The largest absolute Gasteiger partial charge is 0.394 e. The molecule has 11 heteroatoms. The zero-order valence-electron chi connectivity index (χ0n) is 24.3. The number of nitrogens with one attached hydrogen (secondary N) is 2. The molecule has 0 aromatic rings. The Labute approximate surface area is 248 Å². The molecule has 0 spiro atoms. The van der Waals surface area contributed by atoms with Crippen molar-refractivity contribution in [2.75, 3.05) is 26.4 Å². The predicted molar refractivity (Wildman–Crippen MR) is 160 cm³/mol. The predicted octanol–water partition coefficient (Wildman–Crippen LogP) is 1.90. The molecule has 246 valence electrons. The lowest BCUT2D eigenvalue weighted by Crippen LogP contribution is -2.60. The number of ether oxygens (including phenoxy) is 2. The summed E-state index contributed by atoms with van der Waals surface area (Å²) in [5, 5.41) is 52.0. The molecule has 2 aliphatic carbocycles. The van der Waals surface area contributed by atoms with Crippen LogP contribution in [0.5, 0.6) is 0 Å². The van der Waals surface area contributed by atoms with Crippen LogP contribution in [0, 0.1) is 11.8 Å². The number of carbonyl (C=O) groups excluding carboxylic acids is 2. The summed E-state index contributed by atoms with van der Waals surface area (Å²) in [5.74, 6) is 1.63. The van der Waals surface area contributed by atoms with Crippen LogP contribution in [0.3, 0.4) is 0 Å². The third-order valence-corrected chi connectivity index (χ3v) is 7.25. The van der Waals surface area contributed by atoms with Gasteiger partial charge in [-0.3, -0.25) is 9.59 Å². The van der Waals surface area contributed by atoms with Crippen molar-refractivity contribution in [2.24, 2.45) is 11.8 Å². The number of carbonyl (C=O) groups is 2. The molecule has 41 heavy (non-hydrogen) atoms. The Hall–Kier alpha value is -1.34. The van der Waals surface area contributed by atoms with Crippen LogP contribution in [0.2, 0.25) is 0 Å². The van der Waals surface area contributed by atoms with Gasteiger partial charge in [-0.25, -0.2) is 0 Å². The van der Waals surface area contributed by atoms with Crippen LogP contribution in [0.25, 0.3) is 0 Å². The molecule has 7 N–H and O–H groups in total. The van der Waals surface area contributed by atoms with Crippen molar-refractivity contribution in [2.45, 2.75) is 143 Å². The Morgan fingerprint density at radius 2 is 1.34 bits per heavy atom. The quantitative estimate of drug-likeness (QED) is 0.250. The number of amides is 2. The summed E-state index contributed by atoms with van der Waals surface area (Å²) in [7, 11) is 0. The Morgan fingerprint density at radius 3 is 1.76 bits per heavy atom. The first-order valence-corrected chi connectivity index (χ1v) is 14.5. The zero-order valence-corrected chi connectivity index (χ0v) is 24.3. The minimum Gasteiger partial charge on any atom is -0.394 e. The minimum absolute atomic E-state index is 0. The summed E-state index contributed by atoms with van der Waals surface area (Å²) in [4.78, 5) is 21.6. The first-order chi connectivity index (χ1) is 18.5. The van der Waals surface area contributed by atoms with Crippen molar-refractivity contribution in [1.82, 2.24) is 10.6 Å². The van der Waals surface area contributed by atoms with Gasteiger partial charge in [0.2, 0.25) is 11.8 Å². The fourth-order valence-electron chi connectivity index (χ4n) is 4.48. The molecule has 4 fully saturated rings. The van der Waals surface area contributed by atoms with E-state index in [9.17, 15) is 30.0 Å². The van der Waals surface area contributed by atoms with Crippen molar-refractivity contribution in [3.05, 3.63) is 0 Å². The van der Waals surface area contributed by atoms with Crippen molar-refractivity contribution >= 4 is 11.8 Å². The second-order valence-corrected chi connectivity index (χ2v) is 11.3. The second kappa shape index (κ2) is 23.2. The van der Waals surface area contributed by atoms with E-state index in [0.29, 0.717) is 26.1 Å². The highest BCUT2D eigenvalue weighted by molar-refractivity contribution is 5.73. The van der Waals surface area contributed by atoms with E-state index in [1.165, 1.54) is 58.8 Å². The molecule has 0 radical (unpaired) electrons. The molecular weight excluding hydrogens is 532 g/mol. The number of aliphatic hydroxyl groups is 5. The summed E-state index contributed by atoms with van der Waals surface area (Å²) in [6.07, 6.45) is 6.37. The van der Waals surface area contributed by atoms with Gasteiger partial charge in [-0.15, -0.1) is 0 Å². The molecule has 2 saturated heterocycles. The molecule has 2 saturated carbocycles. The Kier molecular flexibility index (Phi) is 23.6. The molecule has 2 amide bonds. The highest BCUT2D eigenvalue weighted by Gasteiger charge is 2.40. The van der Waals surface area contributed by atoms with Gasteiger partial charge in [-0.1, -0.05) is 73.6 Å². The van der Waals surface area contributed by atoms with E-state index < -0.39 is 43.2 Å². The Morgan fingerprint density at radius 1 is 0.805 bits per heavy atom. The number of aliphatic hydroxyl groups excluding tert-OH is 5. The van der Waals surface area contributed by atoms with Gasteiger partial charge in [-0.2, -0.15) is 0 Å². The average Bonchev–Trinajstić information content (AvgIpc) is 3.69. The molecule has 2 heterocycles.